The highest BCUT2D eigenvalue weighted by molar-refractivity contribution is 5.18. The molecular formula is C15H23FN2. The zero-order valence-electron chi connectivity index (χ0n) is 11.3. The molecule has 2 nitrogen and oxygen atoms in total. The maximum Gasteiger partial charge on any atom is 0.126 e. The van der Waals surface area contributed by atoms with Crippen molar-refractivity contribution in [2.24, 2.45) is 0 Å². The van der Waals surface area contributed by atoms with Crippen LogP contribution in [0.5, 0.6) is 0 Å². The summed E-state index contributed by atoms with van der Waals surface area (Å²) in [5.41, 5.74) is 0.828. The van der Waals surface area contributed by atoms with Gasteiger partial charge in [0.2, 0.25) is 0 Å². The molecule has 0 bridgehead atoms. The molecule has 18 heavy (non-hydrogen) atoms. The number of hydrogen-bond donors (Lipinski definition) is 1. The third-order valence-corrected chi connectivity index (χ3v) is 3.91. The number of rotatable bonds is 5. The monoisotopic (exact) mass is 250 g/mol. The van der Waals surface area contributed by atoms with E-state index in [1.165, 1.54) is 6.42 Å². The molecule has 0 aromatic heterocycles. The summed E-state index contributed by atoms with van der Waals surface area (Å²) in [4.78, 5) is 2.49. The second kappa shape index (κ2) is 6.30. The maximum absolute atomic E-state index is 13.7. The molecule has 1 aliphatic heterocycles. The second-order valence-corrected chi connectivity index (χ2v) is 5.12. The van der Waals surface area contributed by atoms with Crippen LogP contribution in [-0.2, 0) is 6.42 Å². The highest BCUT2D eigenvalue weighted by atomic mass is 19.1. The number of nitrogens with zero attached hydrogens (tertiary/aromatic N) is 1. The van der Waals surface area contributed by atoms with Gasteiger partial charge in [-0.05, 0) is 44.5 Å². The van der Waals surface area contributed by atoms with Crippen LogP contribution in [0.15, 0.2) is 24.3 Å². The van der Waals surface area contributed by atoms with E-state index in [2.05, 4.69) is 24.1 Å². The average Bonchev–Trinajstić information content (AvgIpc) is 2.87. The summed E-state index contributed by atoms with van der Waals surface area (Å²) in [5.74, 6) is -0.0787. The molecule has 3 heteroatoms. The smallest absolute Gasteiger partial charge is 0.126 e. The van der Waals surface area contributed by atoms with Gasteiger partial charge in [0.25, 0.3) is 0 Å². The summed E-state index contributed by atoms with van der Waals surface area (Å²) < 4.78 is 13.7. The highest BCUT2D eigenvalue weighted by Crippen LogP contribution is 2.17. The van der Waals surface area contributed by atoms with Crippen LogP contribution < -0.4 is 5.32 Å². The van der Waals surface area contributed by atoms with Gasteiger partial charge in [-0.1, -0.05) is 25.1 Å². The van der Waals surface area contributed by atoms with Crippen molar-refractivity contribution >= 4 is 0 Å². The zero-order chi connectivity index (χ0) is 13.0. The van der Waals surface area contributed by atoms with Crippen LogP contribution in [0.3, 0.4) is 0 Å². The van der Waals surface area contributed by atoms with Gasteiger partial charge in [0, 0.05) is 18.6 Å². The van der Waals surface area contributed by atoms with Gasteiger partial charge in [-0.25, -0.2) is 4.39 Å². The van der Waals surface area contributed by atoms with Crippen molar-refractivity contribution in [3.05, 3.63) is 35.6 Å². The van der Waals surface area contributed by atoms with Crippen molar-refractivity contribution in [1.29, 1.82) is 0 Å². The summed E-state index contributed by atoms with van der Waals surface area (Å²) in [5, 5.41) is 3.40. The van der Waals surface area contributed by atoms with Crippen LogP contribution in [0.1, 0.15) is 25.8 Å². The van der Waals surface area contributed by atoms with Gasteiger partial charge < -0.3 is 5.32 Å². The van der Waals surface area contributed by atoms with Gasteiger partial charge in [0.1, 0.15) is 5.82 Å². The number of likely N-dealkylation sites (N-methyl/N-ethyl adjacent to an activating group) is 1. The van der Waals surface area contributed by atoms with Crippen LogP contribution in [0, 0.1) is 5.82 Å². The number of halogens is 1. The van der Waals surface area contributed by atoms with E-state index >= 15 is 0 Å². The molecule has 0 spiro atoms. The van der Waals surface area contributed by atoms with E-state index < -0.39 is 0 Å². The Hall–Kier alpha value is -0.930. The van der Waals surface area contributed by atoms with E-state index in [4.69, 9.17) is 0 Å². The Balaban J connectivity index is 2.01. The number of nitrogens with one attached hydrogen (secondary N) is 1. The normalized spacial score (nSPS) is 21.4. The molecule has 1 N–H and O–H groups in total. The lowest BCUT2D eigenvalue weighted by atomic mass is 10.0. The third kappa shape index (κ3) is 3.09. The van der Waals surface area contributed by atoms with E-state index in [0.717, 1.165) is 31.6 Å². The van der Waals surface area contributed by atoms with Crippen molar-refractivity contribution in [2.45, 2.75) is 38.8 Å². The largest absolute Gasteiger partial charge is 0.315 e. The predicted octanol–water partition coefficient (Wildman–Crippen LogP) is 2.44. The molecule has 1 aromatic rings. The fourth-order valence-electron chi connectivity index (χ4n) is 2.95. The average molecular weight is 250 g/mol. The number of hydrogen-bond acceptors (Lipinski definition) is 2. The van der Waals surface area contributed by atoms with Gasteiger partial charge in [-0.3, -0.25) is 4.90 Å². The molecule has 2 atom stereocenters. The second-order valence-electron chi connectivity index (χ2n) is 5.12. The zero-order valence-corrected chi connectivity index (χ0v) is 11.3. The summed E-state index contributed by atoms with van der Waals surface area (Å²) >= 11 is 0. The Labute approximate surface area is 109 Å². The Kier molecular flexibility index (Phi) is 4.72. The highest BCUT2D eigenvalue weighted by Gasteiger charge is 2.25. The van der Waals surface area contributed by atoms with Crippen LogP contribution in [0.25, 0.3) is 0 Å². The van der Waals surface area contributed by atoms with Crippen LogP contribution in [0.4, 0.5) is 4.39 Å². The molecule has 1 saturated heterocycles. The van der Waals surface area contributed by atoms with E-state index in [0.29, 0.717) is 12.1 Å². The fraction of sp³-hybridized carbons (Fsp3) is 0.600. The lowest BCUT2D eigenvalue weighted by Gasteiger charge is -2.33. The maximum atomic E-state index is 13.7. The first kappa shape index (κ1) is 13.5. The standard InChI is InChI=1S/C15H23FN2/c1-3-18(14-8-9-17-11-14)12(2)10-13-6-4-5-7-15(13)16/h4-7,12,14,17H,3,8-11H2,1-2H3. The summed E-state index contributed by atoms with van der Waals surface area (Å²) in [6.07, 6.45) is 1.99. The topological polar surface area (TPSA) is 15.3 Å². The summed E-state index contributed by atoms with van der Waals surface area (Å²) in [6.45, 7) is 7.59. The lowest BCUT2D eigenvalue weighted by Crippen LogP contribution is -2.43. The van der Waals surface area contributed by atoms with Crippen LogP contribution in [0.2, 0.25) is 0 Å². The Morgan fingerprint density at radius 2 is 2.22 bits per heavy atom. The van der Waals surface area contributed by atoms with E-state index in [-0.39, 0.29) is 5.82 Å². The minimum Gasteiger partial charge on any atom is -0.315 e. The van der Waals surface area contributed by atoms with Crippen molar-refractivity contribution in [3.8, 4) is 0 Å². The minimum atomic E-state index is -0.0787. The van der Waals surface area contributed by atoms with Gasteiger partial charge >= 0.3 is 0 Å². The Morgan fingerprint density at radius 1 is 1.44 bits per heavy atom. The lowest BCUT2D eigenvalue weighted by molar-refractivity contribution is 0.160. The van der Waals surface area contributed by atoms with Crippen molar-refractivity contribution in [2.75, 3.05) is 19.6 Å². The van der Waals surface area contributed by atoms with Gasteiger partial charge in [0.15, 0.2) is 0 Å². The molecule has 2 rings (SSSR count). The predicted molar refractivity (Wildman–Crippen MR) is 73.2 cm³/mol. The van der Waals surface area contributed by atoms with Crippen LogP contribution in [-0.4, -0.2) is 36.6 Å². The molecule has 0 amide bonds. The molecule has 1 fully saturated rings. The molecular weight excluding hydrogens is 227 g/mol. The first-order valence-electron chi connectivity index (χ1n) is 6.92. The molecule has 2 unspecified atom stereocenters. The van der Waals surface area contributed by atoms with E-state index in [9.17, 15) is 4.39 Å². The van der Waals surface area contributed by atoms with Gasteiger partial charge in [-0.2, -0.15) is 0 Å². The fourth-order valence-corrected chi connectivity index (χ4v) is 2.95. The quantitative estimate of drug-likeness (QED) is 0.863. The summed E-state index contributed by atoms with van der Waals surface area (Å²) in [6, 6.07) is 8.11. The molecule has 0 aliphatic carbocycles. The van der Waals surface area contributed by atoms with Gasteiger partial charge in [-0.15, -0.1) is 0 Å². The first-order valence-corrected chi connectivity index (χ1v) is 6.92. The van der Waals surface area contributed by atoms with Crippen molar-refractivity contribution in [1.82, 2.24) is 10.2 Å². The van der Waals surface area contributed by atoms with Crippen molar-refractivity contribution in [3.63, 3.8) is 0 Å². The molecule has 1 aliphatic rings. The SMILES string of the molecule is CCN(C(C)Cc1ccccc1F)C1CCNC1. The Morgan fingerprint density at radius 3 is 2.83 bits per heavy atom. The minimum absolute atomic E-state index is 0.0787. The van der Waals surface area contributed by atoms with E-state index in [1.807, 2.05) is 12.1 Å². The van der Waals surface area contributed by atoms with E-state index in [1.54, 1.807) is 12.1 Å². The molecule has 100 valence electrons. The van der Waals surface area contributed by atoms with Gasteiger partial charge in [0.05, 0.1) is 0 Å². The molecule has 1 heterocycles. The Bertz CT molecular complexity index is 375. The molecule has 1 aromatic carbocycles. The third-order valence-electron chi connectivity index (χ3n) is 3.91. The summed E-state index contributed by atoms with van der Waals surface area (Å²) in [7, 11) is 0. The number of benzene rings is 1. The molecule has 0 radical (unpaired) electrons. The van der Waals surface area contributed by atoms with Crippen molar-refractivity contribution < 1.29 is 4.39 Å². The first-order chi connectivity index (χ1) is 8.72. The van der Waals surface area contributed by atoms with Crippen LogP contribution >= 0.6 is 0 Å². The molecule has 0 saturated carbocycles.